The Morgan fingerprint density at radius 2 is 1.83 bits per heavy atom. The Bertz CT molecular complexity index is 1080. The molecule has 30 heavy (non-hydrogen) atoms. The number of rotatable bonds is 4. The van der Waals surface area contributed by atoms with E-state index in [-0.39, 0.29) is 23.3 Å². The first-order valence-electron chi connectivity index (χ1n) is 8.18. The van der Waals surface area contributed by atoms with Crippen molar-refractivity contribution in [2.75, 3.05) is 0 Å². The van der Waals surface area contributed by atoms with Crippen molar-refractivity contribution in [3.63, 3.8) is 0 Å². The minimum absolute atomic E-state index is 0.0197. The molecule has 2 N–H and O–H groups in total. The van der Waals surface area contributed by atoms with Gasteiger partial charge < -0.3 is 5.32 Å². The molecule has 1 amide bonds. The largest absolute Gasteiger partial charge is 0.417 e. The summed E-state index contributed by atoms with van der Waals surface area (Å²) in [4.78, 5) is 16.0. The molecule has 0 aliphatic heterocycles. The molecule has 2 heterocycles. The van der Waals surface area contributed by atoms with Gasteiger partial charge in [-0.2, -0.15) is 26.3 Å². The van der Waals surface area contributed by atoms with Gasteiger partial charge in [0.2, 0.25) is 6.20 Å². The van der Waals surface area contributed by atoms with Crippen molar-refractivity contribution in [1.82, 2.24) is 10.3 Å². The van der Waals surface area contributed by atoms with Crippen molar-refractivity contribution in [3.8, 4) is 10.6 Å². The lowest BCUT2D eigenvalue weighted by atomic mass is 10.0. The highest BCUT2D eigenvalue weighted by atomic mass is 32.1. The normalized spacial score (nSPS) is 12.1. The first kappa shape index (κ1) is 21.6. The maximum absolute atomic E-state index is 13.3. The lowest BCUT2D eigenvalue weighted by Crippen LogP contribution is -2.38. The fourth-order valence-corrected chi connectivity index (χ4v) is 3.35. The lowest BCUT2D eigenvalue weighted by Gasteiger charge is -2.14. The molecule has 0 bridgehead atoms. The van der Waals surface area contributed by atoms with Crippen LogP contribution >= 0.6 is 11.3 Å². The van der Waals surface area contributed by atoms with Gasteiger partial charge >= 0.3 is 12.4 Å². The van der Waals surface area contributed by atoms with Crippen LogP contribution in [0.15, 0.2) is 48.0 Å². The number of amides is 1. The molecule has 0 unspecified atom stereocenters. The Kier molecular flexibility index (Phi) is 5.70. The van der Waals surface area contributed by atoms with Crippen molar-refractivity contribution in [1.29, 1.82) is 0 Å². The molecular formula is C18H12F6N3O2S+. The average Bonchev–Trinajstić information content (AvgIpc) is 3.15. The molecule has 5 nitrogen and oxygen atoms in total. The number of carbonyl (C=O) groups is 1. The number of hydrogen-bond acceptors (Lipinski definition) is 4. The van der Waals surface area contributed by atoms with E-state index in [0.29, 0.717) is 29.2 Å². The second kappa shape index (κ2) is 7.94. The quantitative estimate of drug-likeness (QED) is 0.355. The fourth-order valence-electron chi connectivity index (χ4n) is 2.51. The predicted octanol–water partition coefficient (Wildman–Crippen LogP) is 4.30. The van der Waals surface area contributed by atoms with Crippen LogP contribution in [0.2, 0.25) is 0 Å². The first-order valence-corrected chi connectivity index (χ1v) is 9.06. The number of carbonyl (C=O) groups excluding carboxylic acids is 1. The van der Waals surface area contributed by atoms with Crippen LogP contribution in [0, 0.1) is 0 Å². The van der Waals surface area contributed by atoms with Gasteiger partial charge in [-0.05, 0) is 18.2 Å². The number of alkyl halides is 6. The van der Waals surface area contributed by atoms with E-state index in [9.17, 15) is 36.3 Å². The minimum atomic E-state index is -5.05. The van der Waals surface area contributed by atoms with Crippen LogP contribution in [0.1, 0.15) is 27.3 Å². The highest BCUT2D eigenvalue weighted by Crippen LogP contribution is 2.41. The summed E-state index contributed by atoms with van der Waals surface area (Å²) in [5.74, 6) is -0.721. The van der Waals surface area contributed by atoms with Crippen LogP contribution < -0.4 is 10.0 Å². The SMILES string of the molecule is O=C(NCc1cccc[n+]1O)c1csc(-c2ccc(C(F)(F)F)cc2C(F)(F)F)n1. The molecule has 3 aromatic rings. The second-order valence-corrected chi connectivity index (χ2v) is 6.87. The van der Waals surface area contributed by atoms with E-state index in [4.69, 9.17) is 0 Å². The van der Waals surface area contributed by atoms with Crippen LogP contribution in [0.4, 0.5) is 26.3 Å². The summed E-state index contributed by atoms with van der Waals surface area (Å²) in [5, 5.41) is 13.0. The summed E-state index contributed by atoms with van der Waals surface area (Å²) < 4.78 is 79.1. The molecule has 2 aromatic heterocycles. The third-order valence-electron chi connectivity index (χ3n) is 3.97. The van der Waals surface area contributed by atoms with Crippen LogP contribution in [-0.4, -0.2) is 16.1 Å². The molecule has 0 fully saturated rings. The van der Waals surface area contributed by atoms with Crippen LogP contribution in [0.5, 0.6) is 0 Å². The number of hydrogen-bond donors (Lipinski definition) is 2. The van der Waals surface area contributed by atoms with Crippen LogP contribution in [0.3, 0.4) is 0 Å². The van der Waals surface area contributed by atoms with Gasteiger partial charge in [-0.1, -0.05) is 6.07 Å². The van der Waals surface area contributed by atoms with Gasteiger partial charge in [-0.3, -0.25) is 10.0 Å². The molecule has 0 aliphatic carbocycles. The van der Waals surface area contributed by atoms with E-state index >= 15 is 0 Å². The topological polar surface area (TPSA) is 66.1 Å². The van der Waals surface area contributed by atoms with Crippen molar-refractivity contribution in [2.45, 2.75) is 18.9 Å². The van der Waals surface area contributed by atoms with Gasteiger partial charge in [0.05, 0.1) is 11.1 Å². The van der Waals surface area contributed by atoms with Gasteiger partial charge in [0.1, 0.15) is 17.2 Å². The Hall–Kier alpha value is -3.15. The number of thiazole rings is 1. The van der Waals surface area contributed by atoms with Crippen LogP contribution in [-0.2, 0) is 18.9 Å². The van der Waals surface area contributed by atoms with Gasteiger partial charge in [0.15, 0.2) is 0 Å². The smallest absolute Gasteiger partial charge is 0.340 e. The van der Waals surface area contributed by atoms with E-state index in [2.05, 4.69) is 10.3 Å². The Balaban J connectivity index is 1.86. The predicted molar refractivity (Wildman–Crippen MR) is 92.5 cm³/mol. The fraction of sp³-hybridized carbons (Fsp3) is 0.167. The molecule has 0 atom stereocenters. The van der Waals surface area contributed by atoms with Crippen molar-refractivity contribution in [2.24, 2.45) is 0 Å². The second-order valence-electron chi connectivity index (χ2n) is 6.01. The number of aromatic nitrogens is 2. The van der Waals surface area contributed by atoms with Gasteiger partial charge in [0.25, 0.3) is 11.6 Å². The highest BCUT2D eigenvalue weighted by molar-refractivity contribution is 7.13. The maximum Gasteiger partial charge on any atom is 0.417 e. The summed E-state index contributed by atoms with van der Waals surface area (Å²) in [6.07, 6.45) is -8.65. The van der Waals surface area contributed by atoms with E-state index in [1.54, 1.807) is 12.1 Å². The van der Waals surface area contributed by atoms with Crippen LogP contribution in [0.25, 0.3) is 10.6 Å². The van der Waals surface area contributed by atoms with E-state index in [1.165, 1.54) is 17.6 Å². The molecule has 0 saturated heterocycles. The van der Waals surface area contributed by atoms with Gasteiger partial charge in [-0.25, -0.2) is 4.98 Å². The third-order valence-corrected chi connectivity index (χ3v) is 4.85. The molecule has 0 saturated carbocycles. The Labute approximate surface area is 169 Å². The zero-order chi connectivity index (χ0) is 22.1. The number of nitrogens with one attached hydrogen (secondary N) is 1. The average molecular weight is 448 g/mol. The summed E-state index contributed by atoms with van der Waals surface area (Å²) in [6.45, 7) is -0.0862. The first-order chi connectivity index (χ1) is 14.0. The van der Waals surface area contributed by atoms with Crippen molar-refractivity contribution in [3.05, 3.63) is 70.5 Å². The monoisotopic (exact) mass is 448 g/mol. The number of pyridine rings is 1. The van der Waals surface area contributed by atoms with Crippen molar-refractivity contribution >= 4 is 17.2 Å². The minimum Gasteiger partial charge on any atom is -0.340 e. The van der Waals surface area contributed by atoms with Crippen molar-refractivity contribution < 1.29 is 41.1 Å². The summed E-state index contributed by atoms with van der Waals surface area (Å²) in [7, 11) is 0. The number of nitrogens with zero attached hydrogens (tertiary/aromatic N) is 2. The molecule has 3 rings (SSSR count). The molecule has 0 aliphatic rings. The highest BCUT2D eigenvalue weighted by Gasteiger charge is 2.39. The standard InChI is InChI=1S/C18H11F6N3O2S/c19-17(20,21)10-4-5-12(13(7-10)18(22,23)24)16-26-14(9-30-16)15(28)25-8-11-3-1-2-6-27(11)29/h1-7,9H,8H2,(H-,25,28,29)/p+1. The Morgan fingerprint density at radius 3 is 2.47 bits per heavy atom. The summed E-state index contributed by atoms with van der Waals surface area (Å²) in [5.41, 5.74) is -3.36. The zero-order valence-corrected chi connectivity index (χ0v) is 15.6. The molecule has 0 radical (unpaired) electrons. The van der Waals surface area contributed by atoms with Gasteiger partial charge in [0, 0.05) is 27.8 Å². The maximum atomic E-state index is 13.3. The summed E-state index contributed by atoms with van der Waals surface area (Å²) >= 11 is 0.692. The molecule has 12 heteroatoms. The number of halogens is 6. The lowest BCUT2D eigenvalue weighted by molar-refractivity contribution is -0.909. The molecule has 1 aromatic carbocycles. The Morgan fingerprint density at radius 1 is 1.10 bits per heavy atom. The summed E-state index contributed by atoms with van der Waals surface area (Å²) in [6, 6.07) is 5.95. The molecular weight excluding hydrogens is 436 g/mol. The zero-order valence-electron chi connectivity index (χ0n) is 14.8. The molecule has 0 spiro atoms. The number of benzene rings is 1. The van der Waals surface area contributed by atoms with Gasteiger partial charge in [-0.15, -0.1) is 11.3 Å². The van der Waals surface area contributed by atoms with E-state index in [0.717, 1.165) is 4.73 Å². The molecule has 158 valence electrons. The third kappa shape index (κ3) is 4.70. The van der Waals surface area contributed by atoms with E-state index in [1.807, 2.05) is 0 Å². The van der Waals surface area contributed by atoms with E-state index < -0.39 is 35.0 Å².